The Morgan fingerprint density at radius 2 is 0.920 bits per heavy atom. The van der Waals surface area contributed by atoms with E-state index in [1.165, 1.54) is 0 Å². The van der Waals surface area contributed by atoms with Crippen molar-refractivity contribution >= 4 is 0 Å². The van der Waals surface area contributed by atoms with Crippen LogP contribution in [0.1, 0.15) is 0 Å². The quantitative estimate of drug-likeness (QED) is 0.496. The summed E-state index contributed by atoms with van der Waals surface area (Å²) in [6.45, 7) is -3.80. The van der Waals surface area contributed by atoms with E-state index in [-0.39, 0.29) is 0 Å². The molecule has 0 aromatic heterocycles. The van der Waals surface area contributed by atoms with E-state index in [2.05, 4.69) is 0 Å². The maximum Gasteiger partial charge on any atom is 0.460 e. The molecule has 0 radical (unpaired) electrons. The van der Waals surface area contributed by atoms with Crippen LogP contribution in [0.2, 0.25) is 0 Å². The molecule has 16 heteroatoms. The van der Waals surface area contributed by atoms with Gasteiger partial charge in [-0.2, -0.15) is 52.7 Å². The Labute approximate surface area is 126 Å². The van der Waals surface area contributed by atoms with Crippen LogP contribution < -0.4 is 0 Å². The normalized spacial score (nSPS) is 18.7. The SMILES string of the molecule is FCC(F)(F)C(F)(C(F)=C(F)C(F)(F)C(F)(F)C(F)(F)F)C(F)(F)F. The molecule has 1 atom stereocenters. The smallest absolute Gasteiger partial charge is 0.244 e. The Morgan fingerprint density at radius 3 is 1.16 bits per heavy atom. The van der Waals surface area contributed by atoms with Gasteiger partial charge in [-0.15, -0.1) is 0 Å². The molecule has 150 valence electrons. The van der Waals surface area contributed by atoms with E-state index in [1.807, 2.05) is 0 Å². The third-order valence-corrected chi connectivity index (χ3v) is 2.58. The number of hydrogen-bond acceptors (Lipinski definition) is 0. The fraction of sp³-hybridized carbons (Fsp3) is 0.778. The van der Waals surface area contributed by atoms with Crippen molar-refractivity contribution in [2.75, 3.05) is 6.67 Å². The molecule has 0 N–H and O–H groups in total. The number of allylic oxidation sites excluding steroid dienone is 2. The summed E-state index contributed by atoms with van der Waals surface area (Å²) in [4.78, 5) is 0. The number of hydrogen-bond donors (Lipinski definition) is 0. The van der Waals surface area contributed by atoms with Crippen molar-refractivity contribution in [2.45, 2.75) is 35.8 Å². The first-order chi connectivity index (χ1) is 10.6. The molecule has 0 nitrogen and oxygen atoms in total. The van der Waals surface area contributed by atoms with Gasteiger partial charge in [0.1, 0.15) is 0 Å². The van der Waals surface area contributed by atoms with Gasteiger partial charge in [0.2, 0.25) is 5.83 Å². The lowest BCUT2D eigenvalue weighted by Crippen LogP contribution is -2.59. The topological polar surface area (TPSA) is 0 Å². The summed E-state index contributed by atoms with van der Waals surface area (Å²) in [5, 5.41) is 0. The summed E-state index contributed by atoms with van der Waals surface area (Å²) in [5.41, 5.74) is -7.29. The number of alkyl halides is 14. The van der Waals surface area contributed by atoms with Crippen LogP contribution in [0.4, 0.5) is 70.2 Å². The Balaban J connectivity index is 6.74. The van der Waals surface area contributed by atoms with Crippen LogP contribution >= 0.6 is 0 Å². The standard InChI is InChI=1S/C9H2F16/c10-1-4(13,14)5(15,8(20,21)22)2(11)3(12)6(16,17)7(18,19)9(23,24)25/h1H2. The lowest BCUT2D eigenvalue weighted by Gasteiger charge is -2.34. The van der Waals surface area contributed by atoms with Gasteiger partial charge in [-0.25, -0.2) is 17.6 Å². The molecule has 0 bridgehead atoms. The molecule has 0 aromatic carbocycles. The molecule has 0 aromatic rings. The minimum absolute atomic E-state index is 3.80. The van der Waals surface area contributed by atoms with Crippen LogP contribution in [0, 0.1) is 0 Å². The average Bonchev–Trinajstić information content (AvgIpc) is 2.41. The molecule has 0 fully saturated rings. The minimum Gasteiger partial charge on any atom is -0.244 e. The summed E-state index contributed by atoms with van der Waals surface area (Å²) in [5.74, 6) is -32.1. The van der Waals surface area contributed by atoms with Gasteiger partial charge in [0.15, 0.2) is 12.5 Å². The maximum absolute atomic E-state index is 13.3. The molecule has 0 aliphatic heterocycles. The van der Waals surface area contributed by atoms with E-state index < -0.39 is 54.1 Å². The van der Waals surface area contributed by atoms with Gasteiger partial charge in [-0.1, -0.05) is 0 Å². The summed E-state index contributed by atoms with van der Waals surface area (Å²) >= 11 is 0. The molecule has 0 spiro atoms. The second-order valence-corrected chi connectivity index (χ2v) is 4.27. The zero-order valence-corrected chi connectivity index (χ0v) is 10.8. The summed E-state index contributed by atoms with van der Waals surface area (Å²) in [7, 11) is 0. The summed E-state index contributed by atoms with van der Waals surface area (Å²) < 4.78 is 198. The third kappa shape index (κ3) is 3.35. The Morgan fingerprint density at radius 1 is 0.560 bits per heavy atom. The predicted octanol–water partition coefficient (Wildman–Crippen LogP) is 5.85. The van der Waals surface area contributed by atoms with Gasteiger partial charge >= 0.3 is 35.8 Å². The first-order valence-corrected chi connectivity index (χ1v) is 5.21. The molecule has 25 heavy (non-hydrogen) atoms. The first kappa shape index (κ1) is 23.6. The highest BCUT2D eigenvalue weighted by Gasteiger charge is 2.80. The van der Waals surface area contributed by atoms with Crippen LogP contribution in [-0.2, 0) is 0 Å². The fourth-order valence-corrected chi connectivity index (χ4v) is 1.19. The van der Waals surface area contributed by atoms with Crippen LogP contribution in [0.15, 0.2) is 11.7 Å². The van der Waals surface area contributed by atoms with Crippen LogP contribution in [0.3, 0.4) is 0 Å². The van der Waals surface area contributed by atoms with Crippen molar-refractivity contribution < 1.29 is 70.2 Å². The Bertz CT molecular complexity index is 521. The monoisotopic (exact) mass is 414 g/mol. The van der Waals surface area contributed by atoms with Crippen LogP contribution in [-0.4, -0.2) is 42.5 Å². The van der Waals surface area contributed by atoms with Crippen molar-refractivity contribution in [3.05, 3.63) is 11.7 Å². The van der Waals surface area contributed by atoms with Gasteiger partial charge in [-0.05, 0) is 0 Å². The lowest BCUT2D eigenvalue weighted by atomic mass is 9.93. The van der Waals surface area contributed by atoms with E-state index in [4.69, 9.17) is 0 Å². The molecular weight excluding hydrogens is 412 g/mol. The molecular formula is C9H2F16. The molecule has 0 amide bonds. The molecule has 0 aliphatic rings. The highest BCUT2D eigenvalue weighted by molar-refractivity contribution is 5.28. The minimum atomic E-state index is -7.63. The number of halogens is 16. The van der Waals surface area contributed by atoms with E-state index >= 15 is 0 Å². The Kier molecular flexibility index (Phi) is 5.77. The molecule has 0 rings (SSSR count). The average molecular weight is 414 g/mol. The second kappa shape index (κ2) is 6.10. The molecule has 0 aliphatic carbocycles. The van der Waals surface area contributed by atoms with Crippen molar-refractivity contribution in [3.63, 3.8) is 0 Å². The van der Waals surface area contributed by atoms with Crippen molar-refractivity contribution in [1.82, 2.24) is 0 Å². The van der Waals surface area contributed by atoms with Gasteiger partial charge in [0.25, 0.3) is 0 Å². The van der Waals surface area contributed by atoms with Crippen molar-refractivity contribution in [2.24, 2.45) is 0 Å². The van der Waals surface area contributed by atoms with E-state index in [0.717, 1.165) is 0 Å². The van der Waals surface area contributed by atoms with Gasteiger partial charge in [-0.3, -0.25) is 0 Å². The van der Waals surface area contributed by atoms with E-state index in [9.17, 15) is 70.2 Å². The van der Waals surface area contributed by atoms with Gasteiger partial charge < -0.3 is 0 Å². The first-order valence-electron chi connectivity index (χ1n) is 5.21. The van der Waals surface area contributed by atoms with E-state index in [1.54, 1.807) is 0 Å². The van der Waals surface area contributed by atoms with Gasteiger partial charge in [0.05, 0.1) is 0 Å². The highest BCUT2D eigenvalue weighted by Crippen LogP contribution is 2.56. The maximum atomic E-state index is 13.3. The summed E-state index contributed by atoms with van der Waals surface area (Å²) in [6.07, 6.45) is -14.8. The fourth-order valence-electron chi connectivity index (χ4n) is 1.19. The zero-order chi connectivity index (χ0) is 20.9. The largest absolute Gasteiger partial charge is 0.460 e. The highest BCUT2D eigenvalue weighted by atomic mass is 19.4. The second-order valence-electron chi connectivity index (χ2n) is 4.27. The van der Waals surface area contributed by atoms with Crippen LogP contribution in [0.5, 0.6) is 0 Å². The molecule has 0 saturated carbocycles. The molecule has 1 unspecified atom stereocenters. The number of rotatable bonds is 5. The molecule has 0 heterocycles. The lowest BCUT2D eigenvalue weighted by molar-refractivity contribution is -0.349. The van der Waals surface area contributed by atoms with Crippen molar-refractivity contribution in [1.29, 1.82) is 0 Å². The zero-order valence-electron chi connectivity index (χ0n) is 10.8. The Hall–Kier alpha value is -1.38. The van der Waals surface area contributed by atoms with Crippen molar-refractivity contribution in [3.8, 4) is 0 Å². The van der Waals surface area contributed by atoms with E-state index in [0.29, 0.717) is 0 Å². The predicted molar refractivity (Wildman–Crippen MR) is 46.0 cm³/mol. The van der Waals surface area contributed by atoms with Crippen LogP contribution in [0.25, 0.3) is 0 Å². The molecule has 0 saturated heterocycles. The summed E-state index contributed by atoms with van der Waals surface area (Å²) in [6, 6.07) is 0. The third-order valence-electron chi connectivity index (χ3n) is 2.58. The van der Waals surface area contributed by atoms with Gasteiger partial charge in [0, 0.05) is 0 Å².